The second-order valence-corrected chi connectivity index (χ2v) is 7.31. The van der Waals surface area contributed by atoms with E-state index in [-0.39, 0.29) is 24.0 Å². The highest BCUT2D eigenvalue weighted by molar-refractivity contribution is 5.77. The number of nitrogens with zero attached hydrogens (tertiary/aromatic N) is 4. The Balaban J connectivity index is 1.38. The third-order valence-corrected chi connectivity index (χ3v) is 5.68. The summed E-state index contributed by atoms with van der Waals surface area (Å²) in [5.74, 6) is 0.879. The van der Waals surface area contributed by atoms with Crippen LogP contribution in [-0.2, 0) is 14.3 Å². The van der Waals surface area contributed by atoms with Crippen molar-refractivity contribution in [2.24, 2.45) is 5.41 Å². The van der Waals surface area contributed by atoms with Crippen LogP contribution >= 0.6 is 0 Å². The van der Waals surface area contributed by atoms with Crippen LogP contribution in [0.2, 0.25) is 0 Å². The van der Waals surface area contributed by atoms with Crippen molar-refractivity contribution in [3.05, 3.63) is 18.5 Å². The molecule has 25 heavy (non-hydrogen) atoms. The fourth-order valence-corrected chi connectivity index (χ4v) is 4.28. The van der Waals surface area contributed by atoms with Gasteiger partial charge in [-0.2, -0.15) is 0 Å². The van der Waals surface area contributed by atoms with E-state index in [2.05, 4.69) is 14.9 Å². The average Bonchev–Trinajstić information content (AvgIpc) is 3.32. The maximum atomic E-state index is 12.2. The van der Waals surface area contributed by atoms with Gasteiger partial charge >= 0.3 is 0 Å². The Kier molecular flexibility index (Phi) is 4.85. The first-order valence-corrected chi connectivity index (χ1v) is 9.26. The topological polar surface area (TPSA) is 67.8 Å². The summed E-state index contributed by atoms with van der Waals surface area (Å²) in [6.07, 6.45) is 7.87. The maximum Gasteiger partial charge on any atom is 0.248 e. The standard InChI is InChI=1S/C18H26N4O3/c23-16(21-8-1-2-9-21)12-24-14-18-5-11-25-15(18)4-10-22(13-18)17-19-6-3-7-20-17/h3,6-7,15H,1-2,4-5,8-14H2/t15-,18+/m1/s1. The van der Waals surface area contributed by atoms with E-state index < -0.39 is 0 Å². The summed E-state index contributed by atoms with van der Waals surface area (Å²) >= 11 is 0. The zero-order chi connectivity index (χ0) is 17.1. The maximum absolute atomic E-state index is 12.2. The van der Waals surface area contributed by atoms with E-state index in [1.807, 2.05) is 11.0 Å². The molecule has 0 bridgehead atoms. The number of ether oxygens (including phenoxy) is 2. The number of hydrogen-bond acceptors (Lipinski definition) is 6. The Morgan fingerprint density at radius 1 is 1.28 bits per heavy atom. The quantitative estimate of drug-likeness (QED) is 0.795. The van der Waals surface area contributed by atoms with Crippen molar-refractivity contribution in [2.75, 3.05) is 50.9 Å². The van der Waals surface area contributed by atoms with Crippen LogP contribution in [-0.4, -0.2) is 72.9 Å². The summed E-state index contributed by atoms with van der Waals surface area (Å²) in [7, 11) is 0. The number of rotatable bonds is 5. The van der Waals surface area contributed by atoms with Gasteiger partial charge in [-0.25, -0.2) is 9.97 Å². The number of fused-ring (bicyclic) bond motifs is 1. The summed E-state index contributed by atoms with van der Waals surface area (Å²) in [4.78, 5) is 25.1. The van der Waals surface area contributed by atoms with Gasteiger partial charge in [-0.3, -0.25) is 4.79 Å². The Labute approximate surface area is 148 Å². The molecule has 0 N–H and O–H groups in total. The third-order valence-electron chi connectivity index (χ3n) is 5.68. The number of carbonyl (C=O) groups is 1. The van der Waals surface area contributed by atoms with Gasteiger partial charge in [-0.1, -0.05) is 0 Å². The molecule has 0 spiro atoms. The van der Waals surface area contributed by atoms with Gasteiger partial charge in [0.25, 0.3) is 0 Å². The minimum atomic E-state index is -0.0667. The van der Waals surface area contributed by atoms with Crippen LogP contribution in [0.3, 0.4) is 0 Å². The van der Waals surface area contributed by atoms with Gasteiger partial charge in [0.15, 0.2) is 0 Å². The van der Waals surface area contributed by atoms with E-state index >= 15 is 0 Å². The van der Waals surface area contributed by atoms with Crippen molar-refractivity contribution in [2.45, 2.75) is 31.8 Å². The number of aromatic nitrogens is 2. The monoisotopic (exact) mass is 346 g/mol. The molecule has 4 heterocycles. The highest BCUT2D eigenvalue weighted by Crippen LogP contribution is 2.41. The normalized spacial score (nSPS) is 29.0. The van der Waals surface area contributed by atoms with Gasteiger partial charge in [0.2, 0.25) is 11.9 Å². The predicted molar refractivity (Wildman–Crippen MR) is 92.3 cm³/mol. The third kappa shape index (κ3) is 3.48. The largest absolute Gasteiger partial charge is 0.377 e. The molecule has 4 rings (SSSR count). The molecular formula is C18H26N4O3. The van der Waals surface area contributed by atoms with Crippen molar-refractivity contribution in [3.63, 3.8) is 0 Å². The Morgan fingerprint density at radius 2 is 2.08 bits per heavy atom. The number of carbonyl (C=O) groups excluding carboxylic acids is 1. The molecule has 1 amide bonds. The highest BCUT2D eigenvalue weighted by atomic mass is 16.5. The zero-order valence-electron chi connectivity index (χ0n) is 14.6. The highest BCUT2D eigenvalue weighted by Gasteiger charge is 2.48. The van der Waals surface area contributed by atoms with Crippen molar-refractivity contribution in [1.82, 2.24) is 14.9 Å². The van der Waals surface area contributed by atoms with Crippen molar-refractivity contribution in [3.8, 4) is 0 Å². The fourth-order valence-electron chi connectivity index (χ4n) is 4.28. The summed E-state index contributed by atoms with van der Waals surface area (Å²) in [6, 6.07) is 1.83. The first-order chi connectivity index (χ1) is 12.3. The molecule has 0 aromatic carbocycles. The van der Waals surface area contributed by atoms with Gasteiger partial charge in [0.05, 0.1) is 12.7 Å². The van der Waals surface area contributed by atoms with Crippen LogP contribution in [0.15, 0.2) is 18.5 Å². The lowest BCUT2D eigenvalue weighted by Gasteiger charge is -2.43. The van der Waals surface area contributed by atoms with Crippen LogP contribution < -0.4 is 4.90 Å². The van der Waals surface area contributed by atoms with E-state index in [4.69, 9.17) is 9.47 Å². The first kappa shape index (κ1) is 16.7. The lowest BCUT2D eigenvalue weighted by Crippen LogP contribution is -2.52. The molecule has 0 unspecified atom stereocenters. The summed E-state index contributed by atoms with van der Waals surface area (Å²) in [5.41, 5.74) is -0.0667. The number of piperidine rings is 1. The molecule has 136 valence electrons. The van der Waals surface area contributed by atoms with Crippen molar-refractivity contribution < 1.29 is 14.3 Å². The SMILES string of the molecule is O=C(COC[C@@]12CCO[C@@H]1CCN(c1ncccn1)C2)N1CCCC1. The molecule has 1 aromatic rings. The van der Waals surface area contributed by atoms with Gasteiger partial charge < -0.3 is 19.3 Å². The van der Waals surface area contributed by atoms with Gasteiger partial charge in [0, 0.05) is 50.6 Å². The lowest BCUT2D eigenvalue weighted by atomic mass is 9.77. The Hall–Kier alpha value is -1.73. The van der Waals surface area contributed by atoms with Crippen LogP contribution in [0, 0.1) is 5.41 Å². The van der Waals surface area contributed by atoms with E-state index in [9.17, 15) is 4.79 Å². The van der Waals surface area contributed by atoms with Crippen LogP contribution in [0.5, 0.6) is 0 Å². The second kappa shape index (κ2) is 7.25. The minimum Gasteiger partial charge on any atom is -0.377 e. The van der Waals surface area contributed by atoms with Crippen LogP contribution in [0.25, 0.3) is 0 Å². The van der Waals surface area contributed by atoms with E-state index in [1.165, 1.54) is 0 Å². The van der Waals surface area contributed by atoms with Crippen molar-refractivity contribution in [1.29, 1.82) is 0 Å². The van der Waals surface area contributed by atoms with Gasteiger partial charge in [-0.15, -0.1) is 0 Å². The Bertz CT molecular complexity index is 593. The van der Waals surface area contributed by atoms with E-state index in [0.717, 1.165) is 64.4 Å². The number of likely N-dealkylation sites (tertiary alicyclic amines) is 1. The smallest absolute Gasteiger partial charge is 0.248 e. The average molecular weight is 346 g/mol. The Morgan fingerprint density at radius 3 is 2.88 bits per heavy atom. The first-order valence-electron chi connectivity index (χ1n) is 9.26. The molecule has 3 aliphatic rings. The molecule has 0 aliphatic carbocycles. The van der Waals surface area contributed by atoms with Gasteiger partial charge in [-0.05, 0) is 31.7 Å². The number of hydrogen-bond donors (Lipinski definition) is 0. The van der Waals surface area contributed by atoms with Gasteiger partial charge in [0.1, 0.15) is 6.61 Å². The molecule has 7 heteroatoms. The molecule has 0 radical (unpaired) electrons. The molecular weight excluding hydrogens is 320 g/mol. The molecule has 1 aromatic heterocycles. The summed E-state index contributed by atoms with van der Waals surface area (Å²) in [6.45, 7) is 4.95. The summed E-state index contributed by atoms with van der Waals surface area (Å²) in [5, 5.41) is 0. The number of amides is 1. The van der Waals surface area contributed by atoms with Crippen LogP contribution in [0.1, 0.15) is 25.7 Å². The molecule has 2 atom stereocenters. The number of anilines is 1. The predicted octanol–water partition coefficient (Wildman–Crippen LogP) is 1.10. The fraction of sp³-hybridized carbons (Fsp3) is 0.722. The molecule has 3 aliphatic heterocycles. The molecule has 0 saturated carbocycles. The molecule has 7 nitrogen and oxygen atoms in total. The second-order valence-electron chi connectivity index (χ2n) is 7.31. The van der Waals surface area contributed by atoms with Crippen LogP contribution in [0.4, 0.5) is 5.95 Å². The van der Waals surface area contributed by atoms with Crippen molar-refractivity contribution >= 4 is 11.9 Å². The zero-order valence-corrected chi connectivity index (χ0v) is 14.6. The summed E-state index contributed by atoms with van der Waals surface area (Å²) < 4.78 is 11.9. The van der Waals surface area contributed by atoms with E-state index in [1.54, 1.807) is 12.4 Å². The minimum absolute atomic E-state index is 0.0667. The van der Waals surface area contributed by atoms with E-state index in [0.29, 0.717) is 6.61 Å². The molecule has 3 saturated heterocycles. The molecule has 3 fully saturated rings. The lowest BCUT2D eigenvalue weighted by molar-refractivity contribution is -0.137.